The van der Waals surface area contributed by atoms with Gasteiger partial charge in [-0.1, -0.05) is 30.4 Å². The molecule has 4 nitrogen and oxygen atoms in total. The molecule has 0 radical (unpaired) electrons. The Kier molecular flexibility index (Phi) is 7.33. The van der Waals surface area contributed by atoms with Crippen LogP contribution in [-0.2, 0) is 24.1 Å². The number of ether oxygens (including phenoxy) is 1. The van der Waals surface area contributed by atoms with Crippen LogP contribution in [0.1, 0.15) is 40.1 Å². The summed E-state index contributed by atoms with van der Waals surface area (Å²) >= 11 is 0.716. The molecule has 0 amide bonds. The van der Waals surface area contributed by atoms with E-state index in [1.807, 2.05) is 24.3 Å². The zero-order valence-electron chi connectivity index (χ0n) is 16.2. The second kappa shape index (κ2) is 9.95. The van der Waals surface area contributed by atoms with Crippen molar-refractivity contribution in [3.05, 3.63) is 69.4 Å². The molecule has 0 unspecified atom stereocenters. The lowest BCUT2D eigenvalue weighted by Crippen LogP contribution is -2.17. The Hall–Kier alpha value is -2.58. The molecule has 0 bridgehead atoms. The van der Waals surface area contributed by atoms with E-state index in [1.165, 1.54) is 0 Å². The van der Waals surface area contributed by atoms with Gasteiger partial charge in [-0.25, -0.2) is 0 Å². The molecule has 0 spiro atoms. The van der Waals surface area contributed by atoms with E-state index in [1.54, 1.807) is 24.3 Å². The Morgan fingerprint density at radius 1 is 1.20 bits per heavy atom. The molecule has 0 saturated carbocycles. The van der Waals surface area contributed by atoms with Crippen LogP contribution < -0.4 is 10.1 Å². The molecule has 1 aromatic heterocycles. The number of hydrogen-bond acceptors (Lipinski definition) is 4. The summed E-state index contributed by atoms with van der Waals surface area (Å²) in [7, 11) is 0. The standard InChI is InChI=1S/C22H22F3NO3S/c23-22(24,25)21-19(16-4-2-1-3-5-16)12-18(30-21)14-29-17-8-6-15(7-9-17)13-26-11-10-20(27)28/h2,4-9,12,26H,1,3,10-11,13-14H2,(H,27,28). The molecule has 1 aliphatic carbocycles. The van der Waals surface area contributed by atoms with Crippen molar-refractivity contribution in [2.75, 3.05) is 6.54 Å². The molecule has 0 fully saturated rings. The van der Waals surface area contributed by atoms with Crippen LogP contribution in [-0.4, -0.2) is 17.6 Å². The lowest BCUT2D eigenvalue weighted by Gasteiger charge is -2.10. The van der Waals surface area contributed by atoms with Gasteiger partial charge in [0, 0.05) is 23.5 Å². The van der Waals surface area contributed by atoms with E-state index in [0.29, 0.717) is 40.6 Å². The van der Waals surface area contributed by atoms with Gasteiger partial charge in [0.2, 0.25) is 0 Å². The summed E-state index contributed by atoms with van der Waals surface area (Å²) in [5, 5.41) is 11.6. The molecule has 8 heteroatoms. The lowest BCUT2D eigenvalue weighted by molar-refractivity contribution is -0.137. The Balaban J connectivity index is 1.61. The highest BCUT2D eigenvalue weighted by molar-refractivity contribution is 7.12. The van der Waals surface area contributed by atoms with Gasteiger partial charge in [-0.3, -0.25) is 4.79 Å². The minimum Gasteiger partial charge on any atom is -0.488 e. The SMILES string of the molecule is O=C(O)CCNCc1ccc(OCc2cc(C3=CCCC=C3)c(C(F)(F)F)s2)cc1. The number of halogens is 3. The number of alkyl halides is 3. The second-order valence-electron chi connectivity index (χ2n) is 6.85. The fourth-order valence-electron chi connectivity index (χ4n) is 3.04. The topological polar surface area (TPSA) is 58.6 Å². The van der Waals surface area contributed by atoms with Crippen molar-refractivity contribution in [3.8, 4) is 5.75 Å². The summed E-state index contributed by atoms with van der Waals surface area (Å²) in [6.07, 6.45) is 2.70. The van der Waals surface area contributed by atoms with Crippen molar-refractivity contribution in [3.63, 3.8) is 0 Å². The van der Waals surface area contributed by atoms with Crippen molar-refractivity contribution >= 4 is 22.9 Å². The summed E-state index contributed by atoms with van der Waals surface area (Å²) in [6, 6.07) is 8.73. The number of benzene rings is 1. The number of aliphatic carboxylic acids is 1. The number of carbonyl (C=O) groups is 1. The minimum absolute atomic E-state index is 0.0522. The van der Waals surface area contributed by atoms with Crippen LogP contribution in [0.3, 0.4) is 0 Å². The highest BCUT2D eigenvalue weighted by Gasteiger charge is 2.36. The number of hydrogen-bond donors (Lipinski definition) is 2. The molecule has 0 aliphatic heterocycles. The van der Waals surface area contributed by atoms with Crippen molar-refractivity contribution in [2.24, 2.45) is 0 Å². The third-order valence-electron chi connectivity index (χ3n) is 4.50. The molecule has 1 heterocycles. The van der Waals surface area contributed by atoms with Crippen molar-refractivity contribution in [1.29, 1.82) is 0 Å². The van der Waals surface area contributed by atoms with Crippen LogP contribution >= 0.6 is 11.3 Å². The van der Waals surface area contributed by atoms with Gasteiger partial charge >= 0.3 is 12.1 Å². The molecule has 1 aromatic carbocycles. The Morgan fingerprint density at radius 2 is 1.97 bits per heavy atom. The van der Waals surface area contributed by atoms with Gasteiger partial charge in [0.1, 0.15) is 17.2 Å². The Bertz CT molecular complexity index is 930. The molecule has 0 atom stereocenters. The fourth-order valence-corrected chi connectivity index (χ4v) is 4.00. The van der Waals surface area contributed by atoms with Crippen LogP contribution in [0.2, 0.25) is 0 Å². The summed E-state index contributed by atoms with van der Waals surface area (Å²) in [6.45, 7) is 0.960. The maximum absolute atomic E-state index is 13.5. The van der Waals surface area contributed by atoms with Gasteiger partial charge in [-0.2, -0.15) is 13.2 Å². The van der Waals surface area contributed by atoms with E-state index >= 15 is 0 Å². The maximum atomic E-state index is 13.5. The van der Waals surface area contributed by atoms with E-state index in [2.05, 4.69) is 5.32 Å². The molecule has 160 valence electrons. The quantitative estimate of drug-likeness (QED) is 0.498. The zero-order valence-corrected chi connectivity index (χ0v) is 17.0. The van der Waals surface area contributed by atoms with Crippen molar-refractivity contribution < 1.29 is 27.8 Å². The smallest absolute Gasteiger partial charge is 0.426 e. The highest BCUT2D eigenvalue weighted by Crippen LogP contribution is 2.42. The van der Waals surface area contributed by atoms with Gasteiger partial charge in [0.05, 0.1) is 6.42 Å². The molecular weight excluding hydrogens is 415 g/mol. The Morgan fingerprint density at radius 3 is 2.60 bits per heavy atom. The van der Waals surface area contributed by atoms with Gasteiger partial charge in [-0.15, -0.1) is 11.3 Å². The molecule has 1 aliphatic rings. The number of rotatable bonds is 9. The third kappa shape index (κ3) is 6.21. The predicted molar refractivity (Wildman–Crippen MR) is 110 cm³/mol. The number of carboxylic acid groups (broad SMARTS) is 1. The average molecular weight is 437 g/mol. The van der Waals surface area contributed by atoms with Gasteiger partial charge < -0.3 is 15.2 Å². The normalized spacial score (nSPS) is 13.9. The van der Waals surface area contributed by atoms with Gasteiger partial charge in [0.15, 0.2) is 0 Å². The second-order valence-corrected chi connectivity index (χ2v) is 7.98. The van der Waals surface area contributed by atoms with E-state index in [0.717, 1.165) is 18.4 Å². The van der Waals surface area contributed by atoms with Crippen LogP contribution in [0.4, 0.5) is 13.2 Å². The van der Waals surface area contributed by atoms with E-state index in [9.17, 15) is 18.0 Å². The molecule has 0 saturated heterocycles. The van der Waals surface area contributed by atoms with Crippen LogP contribution in [0.5, 0.6) is 5.75 Å². The summed E-state index contributed by atoms with van der Waals surface area (Å²) in [5.74, 6) is -0.294. The first kappa shape index (κ1) is 22.1. The largest absolute Gasteiger partial charge is 0.488 e. The first-order valence-electron chi connectivity index (χ1n) is 9.54. The first-order valence-corrected chi connectivity index (χ1v) is 10.4. The fraction of sp³-hybridized carbons (Fsp3) is 0.318. The van der Waals surface area contributed by atoms with Crippen LogP contribution in [0.25, 0.3) is 5.57 Å². The van der Waals surface area contributed by atoms with Gasteiger partial charge in [0.25, 0.3) is 0 Å². The van der Waals surface area contributed by atoms with Crippen LogP contribution in [0.15, 0.2) is 48.6 Å². The van der Waals surface area contributed by atoms with E-state index < -0.39 is 17.0 Å². The third-order valence-corrected chi connectivity index (χ3v) is 5.65. The summed E-state index contributed by atoms with van der Waals surface area (Å²) in [4.78, 5) is 10.4. The maximum Gasteiger partial charge on any atom is 0.426 e. The number of allylic oxidation sites excluding steroid dienone is 4. The van der Waals surface area contributed by atoms with E-state index in [-0.39, 0.29) is 18.6 Å². The number of nitrogens with one attached hydrogen (secondary N) is 1. The molecule has 3 rings (SSSR count). The first-order chi connectivity index (χ1) is 14.3. The average Bonchev–Trinajstić information content (AvgIpc) is 3.16. The Labute approximate surface area is 176 Å². The minimum atomic E-state index is -4.40. The molecule has 2 aromatic rings. The van der Waals surface area contributed by atoms with Crippen molar-refractivity contribution in [1.82, 2.24) is 5.32 Å². The molecule has 30 heavy (non-hydrogen) atoms. The summed E-state index contributed by atoms with van der Waals surface area (Å²) < 4.78 is 46.1. The molecular formula is C22H22F3NO3S. The number of thiophene rings is 1. The predicted octanol–water partition coefficient (Wildman–Crippen LogP) is 5.64. The van der Waals surface area contributed by atoms with Crippen LogP contribution in [0, 0.1) is 0 Å². The van der Waals surface area contributed by atoms with Gasteiger partial charge in [-0.05, 0) is 42.2 Å². The molecule has 2 N–H and O–H groups in total. The monoisotopic (exact) mass is 437 g/mol. The zero-order chi connectivity index (χ0) is 21.6. The van der Waals surface area contributed by atoms with Crippen molar-refractivity contribution in [2.45, 2.75) is 38.6 Å². The number of carboxylic acids is 1. The summed E-state index contributed by atoms with van der Waals surface area (Å²) in [5.41, 5.74) is 1.78. The highest BCUT2D eigenvalue weighted by atomic mass is 32.1. The van der Waals surface area contributed by atoms with E-state index in [4.69, 9.17) is 9.84 Å². The lowest BCUT2D eigenvalue weighted by atomic mass is 9.99.